The van der Waals surface area contributed by atoms with Gasteiger partial charge in [-0.1, -0.05) is 53.1 Å². The summed E-state index contributed by atoms with van der Waals surface area (Å²) in [6.45, 7) is 15.6. The first-order chi connectivity index (χ1) is 30.0. The number of carbonyl (C=O) groups is 2. The van der Waals surface area contributed by atoms with Gasteiger partial charge in [-0.2, -0.15) is 0 Å². The summed E-state index contributed by atoms with van der Waals surface area (Å²) in [5.41, 5.74) is -0.320. The van der Waals surface area contributed by atoms with E-state index >= 15 is 0 Å². The van der Waals surface area contributed by atoms with Crippen molar-refractivity contribution in [3.05, 3.63) is 114 Å². The molecular weight excluding hydrogens is 869 g/mol. The molecule has 4 aromatic heterocycles. The number of benzene rings is 2. The molecule has 0 unspecified atom stereocenters. The molecule has 18 heteroatoms. The number of nitrogens with zero attached hydrogens (tertiary/aromatic N) is 4. The van der Waals surface area contributed by atoms with E-state index in [9.17, 15) is 47.0 Å². The maximum Gasteiger partial charge on any atom is 0.343 e. The Hall–Kier alpha value is -5.83. The summed E-state index contributed by atoms with van der Waals surface area (Å²) in [4.78, 5) is 60.5. The van der Waals surface area contributed by atoms with Gasteiger partial charge in [-0.3, -0.25) is 9.59 Å². The molecule has 0 saturated carbocycles. The zero-order chi connectivity index (χ0) is 46.3. The summed E-state index contributed by atoms with van der Waals surface area (Å²) < 4.78 is 71.2. The van der Waals surface area contributed by atoms with E-state index in [1.165, 1.54) is 15.2 Å². The molecule has 0 saturated heterocycles. The molecule has 64 heavy (non-hydrogen) atoms. The minimum atomic E-state index is -2.23. The number of fused-ring (bicyclic) bond motifs is 10. The number of halogens is 4. The van der Waals surface area contributed by atoms with Gasteiger partial charge in [0.2, 0.25) is 0 Å². The summed E-state index contributed by atoms with van der Waals surface area (Å²) >= 11 is 0. The fraction of sp³-hybridized carbons (Fsp3) is 0.348. The van der Waals surface area contributed by atoms with E-state index in [4.69, 9.17) is 9.47 Å². The molecular formula is C46H44F4N4O8Si2. The Morgan fingerprint density at radius 1 is 0.641 bits per heavy atom. The Bertz CT molecular complexity index is 3250. The maximum absolute atomic E-state index is 15.0. The van der Waals surface area contributed by atoms with Crippen molar-refractivity contribution in [2.75, 3.05) is 0 Å². The molecule has 6 aromatic rings. The van der Waals surface area contributed by atoms with Gasteiger partial charge >= 0.3 is 11.9 Å². The zero-order valence-corrected chi connectivity index (χ0v) is 38.4. The quantitative estimate of drug-likeness (QED) is 0.125. The molecule has 0 radical (unpaired) electrons. The normalized spacial score (nSPS) is 19.5. The van der Waals surface area contributed by atoms with Crippen molar-refractivity contribution >= 4 is 60.3 Å². The maximum atomic E-state index is 15.0. The summed E-state index contributed by atoms with van der Waals surface area (Å²) in [5.74, 6) is -5.49. The van der Waals surface area contributed by atoms with Crippen LogP contribution in [0.3, 0.4) is 0 Å². The van der Waals surface area contributed by atoms with Crippen molar-refractivity contribution in [3.8, 4) is 22.8 Å². The lowest BCUT2D eigenvalue weighted by Crippen LogP contribution is -2.44. The van der Waals surface area contributed by atoms with Gasteiger partial charge in [-0.25, -0.2) is 37.1 Å². The molecule has 2 aromatic carbocycles. The van der Waals surface area contributed by atoms with E-state index in [-0.39, 0.29) is 83.4 Å². The van der Waals surface area contributed by atoms with Gasteiger partial charge in [0.1, 0.15) is 18.7 Å². The van der Waals surface area contributed by atoms with Crippen LogP contribution in [0.15, 0.2) is 46.0 Å². The number of hydrogen-bond acceptors (Lipinski definition) is 10. The molecule has 10 rings (SSSR count). The molecule has 0 spiro atoms. The van der Waals surface area contributed by atoms with Gasteiger partial charge in [0.05, 0.1) is 68.7 Å². The SMILES string of the molecule is CC[C@]1(O)C(=O)OCc2c1cc1n(c2=O)Cc2c-1nc1c(F)c(F)ccc1c2[Si](C)(C)C.CC[C@]1(O)C(=O)OCc2c1cc1n(c2=O)Cc2c-1nc1ccc(F)c(F)c1c2[Si](C)(C)C. The van der Waals surface area contributed by atoms with Crippen LogP contribution in [0, 0.1) is 23.3 Å². The van der Waals surface area contributed by atoms with E-state index in [1.54, 1.807) is 32.0 Å². The number of aliphatic hydroxyl groups is 2. The molecule has 2 N–H and O–H groups in total. The number of aromatic nitrogens is 4. The average molecular weight is 913 g/mol. The van der Waals surface area contributed by atoms with Crippen LogP contribution in [0.4, 0.5) is 17.6 Å². The summed E-state index contributed by atoms with van der Waals surface area (Å²) in [5, 5.41) is 24.3. The molecule has 4 aliphatic rings. The molecule has 12 nitrogen and oxygen atoms in total. The van der Waals surface area contributed by atoms with Crippen molar-refractivity contribution in [3.63, 3.8) is 0 Å². The first-order valence-electron chi connectivity index (χ1n) is 20.9. The zero-order valence-electron chi connectivity index (χ0n) is 36.4. The largest absolute Gasteiger partial charge is 0.458 e. The fourth-order valence-corrected chi connectivity index (χ4v) is 14.1. The van der Waals surface area contributed by atoms with Crippen molar-refractivity contribution in [2.24, 2.45) is 0 Å². The molecule has 8 heterocycles. The van der Waals surface area contributed by atoms with Crippen LogP contribution in [-0.4, -0.2) is 57.4 Å². The Morgan fingerprint density at radius 2 is 1.09 bits per heavy atom. The number of esters is 2. The highest BCUT2D eigenvalue weighted by molar-refractivity contribution is 6.91. The third-order valence-electron chi connectivity index (χ3n) is 13.0. The van der Waals surface area contributed by atoms with E-state index in [2.05, 4.69) is 29.6 Å². The minimum Gasteiger partial charge on any atom is -0.458 e. The number of carbonyl (C=O) groups excluding carboxylic acids is 2. The van der Waals surface area contributed by atoms with Crippen LogP contribution >= 0.6 is 0 Å². The van der Waals surface area contributed by atoms with Crippen LogP contribution < -0.4 is 21.5 Å². The first-order valence-corrected chi connectivity index (χ1v) is 27.9. The van der Waals surface area contributed by atoms with Gasteiger partial charge < -0.3 is 28.8 Å². The highest BCUT2D eigenvalue weighted by atomic mass is 28.3. The first kappa shape index (κ1) is 43.4. The fourth-order valence-electron chi connectivity index (χ4n) is 9.88. The van der Waals surface area contributed by atoms with Gasteiger partial charge in [0.15, 0.2) is 34.5 Å². The summed E-state index contributed by atoms with van der Waals surface area (Å²) in [6.07, 6.45) is 0.0735. The molecule has 0 aliphatic carbocycles. The summed E-state index contributed by atoms with van der Waals surface area (Å²) in [7, 11) is -4.34. The standard InChI is InChI=1S/2C23H22F2N2O4Si/c1-5-23(30)13-8-16-19-11(9-27(16)21(28)12(13)10-31-22(23)29)20(32(2,3)4)17-15(26-19)7-6-14(24)18(17)25;1-5-23(30)14-8-16-18-12(9-27(16)21(28)13(14)10-31-22(23)29)20(32(2,3)4)11-6-7-15(24)17(25)19(11)26-18/h2*6-8,30H,5,9-10H2,1-4H3/t2*23-/m11/s1. The lowest BCUT2D eigenvalue weighted by molar-refractivity contribution is -0.172. The van der Waals surface area contributed by atoms with E-state index in [0.717, 1.165) is 22.9 Å². The third-order valence-corrected chi connectivity index (χ3v) is 17.1. The van der Waals surface area contributed by atoms with Gasteiger partial charge in [-0.05, 0) is 70.7 Å². The Balaban J connectivity index is 0.000000162. The second kappa shape index (κ2) is 14.3. The highest BCUT2D eigenvalue weighted by Crippen LogP contribution is 2.41. The average Bonchev–Trinajstić information content (AvgIpc) is 3.80. The van der Waals surface area contributed by atoms with Crippen LogP contribution in [0.2, 0.25) is 39.3 Å². The smallest absolute Gasteiger partial charge is 0.343 e. The molecule has 332 valence electrons. The lowest BCUT2D eigenvalue weighted by Gasteiger charge is -2.31. The van der Waals surface area contributed by atoms with E-state index in [0.29, 0.717) is 44.4 Å². The monoisotopic (exact) mass is 912 g/mol. The topological polar surface area (TPSA) is 163 Å². The van der Waals surface area contributed by atoms with Crippen molar-refractivity contribution < 1.29 is 46.8 Å². The van der Waals surface area contributed by atoms with Crippen LogP contribution in [0.5, 0.6) is 0 Å². The van der Waals surface area contributed by atoms with Gasteiger partial charge in [0.25, 0.3) is 11.1 Å². The lowest BCUT2D eigenvalue weighted by atomic mass is 9.86. The molecule has 0 fully saturated rings. The van der Waals surface area contributed by atoms with Crippen molar-refractivity contribution in [1.82, 2.24) is 19.1 Å². The Labute approximate surface area is 365 Å². The second-order valence-corrected chi connectivity index (χ2v) is 28.8. The second-order valence-electron chi connectivity index (χ2n) is 18.8. The van der Waals surface area contributed by atoms with E-state index < -0.39 is 62.6 Å². The summed E-state index contributed by atoms with van der Waals surface area (Å²) in [6, 6.07) is 8.35. The molecule has 0 amide bonds. The number of rotatable bonds is 4. The molecule has 2 atom stereocenters. The van der Waals surface area contributed by atoms with Crippen molar-refractivity contribution in [2.45, 2.75) is 103 Å². The van der Waals surface area contributed by atoms with Crippen LogP contribution in [0.25, 0.3) is 44.6 Å². The van der Waals surface area contributed by atoms with Gasteiger partial charge in [-0.15, -0.1) is 0 Å². The van der Waals surface area contributed by atoms with Crippen LogP contribution in [-0.2, 0) is 56.6 Å². The molecule has 0 bridgehead atoms. The highest BCUT2D eigenvalue weighted by Gasteiger charge is 2.47. The van der Waals surface area contributed by atoms with Gasteiger partial charge in [0, 0.05) is 21.9 Å². The predicted molar refractivity (Wildman–Crippen MR) is 235 cm³/mol. The number of cyclic esters (lactones) is 2. The number of pyridine rings is 4. The Morgan fingerprint density at radius 3 is 1.58 bits per heavy atom. The molecule has 4 aliphatic heterocycles. The predicted octanol–water partition coefficient (Wildman–Crippen LogP) is 5.81. The third kappa shape index (κ3) is 6.05. The van der Waals surface area contributed by atoms with Crippen LogP contribution in [0.1, 0.15) is 60.1 Å². The number of hydrogen-bond donors (Lipinski definition) is 2. The number of ether oxygens (including phenoxy) is 2. The Kier molecular flexibility index (Phi) is 9.73. The van der Waals surface area contributed by atoms with Crippen molar-refractivity contribution in [1.29, 1.82) is 0 Å². The minimum absolute atomic E-state index is 0.0275. The van der Waals surface area contributed by atoms with E-state index in [1.807, 2.05) is 19.6 Å².